The summed E-state index contributed by atoms with van der Waals surface area (Å²) in [4.78, 5) is 38.6. The van der Waals surface area contributed by atoms with Gasteiger partial charge < -0.3 is 15.2 Å². The predicted octanol–water partition coefficient (Wildman–Crippen LogP) is 5.24. The Kier molecular flexibility index (Phi) is 6.50. The van der Waals surface area contributed by atoms with Gasteiger partial charge in [0.1, 0.15) is 12.2 Å². The van der Waals surface area contributed by atoms with Crippen LogP contribution in [-0.2, 0) is 9.59 Å². The standard InChI is InChI=1S/C25H22Cl2N4O3/c1-14-4-7-19(8-5-14)28-23(32)13-30-24(33)21(29-25(30)34)11-17-10-15(2)31(16(17)3)22-9-6-18(26)12-20(22)27/h4-12H,13H2,1-3H3,(H,28,32)(H,29,34)/b21-11+. The van der Waals surface area contributed by atoms with E-state index in [1.165, 1.54) is 0 Å². The smallest absolute Gasteiger partial charge is 0.325 e. The number of aryl methyl sites for hydroxylation is 2. The third kappa shape index (κ3) is 4.71. The third-order valence-electron chi connectivity index (χ3n) is 5.52. The monoisotopic (exact) mass is 496 g/mol. The molecule has 0 spiro atoms. The van der Waals surface area contributed by atoms with Crippen LogP contribution in [0.5, 0.6) is 0 Å². The molecule has 1 fully saturated rings. The molecule has 174 valence electrons. The Morgan fingerprint density at radius 1 is 1.03 bits per heavy atom. The highest BCUT2D eigenvalue weighted by molar-refractivity contribution is 6.35. The number of halogens is 2. The summed E-state index contributed by atoms with van der Waals surface area (Å²) in [5.41, 5.74) is 4.94. The van der Waals surface area contributed by atoms with Crippen LogP contribution in [0, 0.1) is 20.8 Å². The minimum Gasteiger partial charge on any atom is -0.325 e. The van der Waals surface area contributed by atoms with E-state index in [4.69, 9.17) is 23.2 Å². The number of imide groups is 1. The van der Waals surface area contributed by atoms with E-state index in [1.54, 1.807) is 30.3 Å². The lowest BCUT2D eigenvalue weighted by Crippen LogP contribution is -2.38. The van der Waals surface area contributed by atoms with Crippen molar-refractivity contribution >= 4 is 52.8 Å². The van der Waals surface area contributed by atoms with Crippen LogP contribution >= 0.6 is 23.2 Å². The minimum atomic E-state index is -0.648. The van der Waals surface area contributed by atoms with Gasteiger partial charge in [-0.2, -0.15) is 0 Å². The van der Waals surface area contributed by atoms with Gasteiger partial charge in [-0.1, -0.05) is 40.9 Å². The molecule has 3 aromatic rings. The van der Waals surface area contributed by atoms with E-state index in [0.717, 1.165) is 33.1 Å². The van der Waals surface area contributed by atoms with Crippen molar-refractivity contribution in [3.8, 4) is 5.69 Å². The van der Waals surface area contributed by atoms with Gasteiger partial charge in [-0.3, -0.25) is 9.59 Å². The molecular weight excluding hydrogens is 475 g/mol. The second kappa shape index (κ2) is 9.37. The number of rotatable bonds is 5. The summed E-state index contributed by atoms with van der Waals surface area (Å²) in [6.07, 6.45) is 1.60. The number of hydrogen-bond acceptors (Lipinski definition) is 3. The lowest BCUT2D eigenvalue weighted by atomic mass is 10.2. The van der Waals surface area contributed by atoms with Crippen molar-refractivity contribution in [3.63, 3.8) is 0 Å². The van der Waals surface area contributed by atoms with E-state index in [-0.39, 0.29) is 5.70 Å². The third-order valence-corrected chi connectivity index (χ3v) is 6.06. The lowest BCUT2D eigenvalue weighted by molar-refractivity contribution is -0.127. The summed E-state index contributed by atoms with van der Waals surface area (Å²) >= 11 is 12.4. The molecule has 0 radical (unpaired) electrons. The zero-order valence-corrected chi connectivity index (χ0v) is 20.3. The van der Waals surface area contributed by atoms with Gasteiger partial charge in [0.15, 0.2) is 0 Å². The number of carbonyl (C=O) groups excluding carboxylic acids is 3. The average Bonchev–Trinajstić information content (AvgIpc) is 3.19. The minimum absolute atomic E-state index is 0.0931. The summed E-state index contributed by atoms with van der Waals surface area (Å²) in [5.74, 6) is -1.04. The normalized spacial score (nSPS) is 14.6. The van der Waals surface area contributed by atoms with Gasteiger partial charge in [0.05, 0.1) is 10.7 Å². The Balaban J connectivity index is 1.54. The van der Waals surface area contributed by atoms with Gasteiger partial charge in [-0.25, -0.2) is 9.69 Å². The average molecular weight is 497 g/mol. The maximum absolute atomic E-state index is 12.9. The second-order valence-corrected chi connectivity index (χ2v) is 8.89. The van der Waals surface area contributed by atoms with Gasteiger partial charge >= 0.3 is 6.03 Å². The highest BCUT2D eigenvalue weighted by Crippen LogP contribution is 2.30. The zero-order chi connectivity index (χ0) is 24.6. The summed E-state index contributed by atoms with van der Waals surface area (Å²) in [6, 6.07) is 13.7. The first-order chi connectivity index (χ1) is 16.1. The first-order valence-electron chi connectivity index (χ1n) is 10.5. The second-order valence-electron chi connectivity index (χ2n) is 8.05. The van der Waals surface area contributed by atoms with Crippen molar-refractivity contribution in [2.75, 3.05) is 11.9 Å². The maximum Gasteiger partial charge on any atom is 0.329 e. The highest BCUT2D eigenvalue weighted by atomic mass is 35.5. The molecule has 34 heavy (non-hydrogen) atoms. The number of aromatic nitrogens is 1. The Hall–Kier alpha value is -3.55. The van der Waals surface area contributed by atoms with Crippen molar-refractivity contribution in [1.29, 1.82) is 0 Å². The molecule has 9 heteroatoms. The van der Waals surface area contributed by atoms with Gasteiger partial charge in [0, 0.05) is 22.1 Å². The molecular formula is C25H22Cl2N4O3. The van der Waals surface area contributed by atoms with Crippen LogP contribution in [0.15, 0.2) is 54.2 Å². The van der Waals surface area contributed by atoms with Gasteiger partial charge in [0.2, 0.25) is 5.91 Å². The molecule has 2 N–H and O–H groups in total. The van der Waals surface area contributed by atoms with Crippen LogP contribution < -0.4 is 10.6 Å². The van der Waals surface area contributed by atoms with E-state index in [2.05, 4.69) is 10.6 Å². The Bertz CT molecular complexity index is 1340. The largest absolute Gasteiger partial charge is 0.329 e. The summed E-state index contributed by atoms with van der Waals surface area (Å²) in [5, 5.41) is 6.27. The molecule has 1 aliphatic rings. The molecule has 2 heterocycles. The van der Waals surface area contributed by atoms with E-state index >= 15 is 0 Å². The number of urea groups is 1. The van der Waals surface area contributed by atoms with Gasteiger partial charge in [0.25, 0.3) is 5.91 Å². The number of hydrogen-bond donors (Lipinski definition) is 2. The Labute approximate surface area is 207 Å². The first-order valence-corrected chi connectivity index (χ1v) is 11.2. The van der Waals surface area contributed by atoms with Crippen LogP contribution in [-0.4, -0.2) is 33.9 Å². The number of nitrogens with one attached hydrogen (secondary N) is 2. The lowest BCUT2D eigenvalue weighted by Gasteiger charge is -2.12. The molecule has 2 aromatic carbocycles. The van der Waals surface area contributed by atoms with Crippen LogP contribution in [0.1, 0.15) is 22.5 Å². The first kappa shape index (κ1) is 23.6. The van der Waals surface area contributed by atoms with E-state index in [9.17, 15) is 14.4 Å². The summed E-state index contributed by atoms with van der Waals surface area (Å²) in [7, 11) is 0. The fourth-order valence-corrected chi connectivity index (χ4v) is 4.31. The fourth-order valence-electron chi connectivity index (χ4n) is 3.82. The molecule has 1 aromatic heterocycles. The SMILES string of the molecule is Cc1ccc(NC(=O)CN2C(=O)N/C(=C/c3cc(C)n(-c4ccc(Cl)cc4Cl)c3C)C2=O)cc1. The van der Waals surface area contributed by atoms with Crippen molar-refractivity contribution in [2.24, 2.45) is 0 Å². The predicted molar refractivity (Wildman–Crippen MR) is 133 cm³/mol. The number of carbonyl (C=O) groups is 3. The molecule has 7 nitrogen and oxygen atoms in total. The van der Waals surface area contributed by atoms with Crippen LogP contribution in [0.25, 0.3) is 11.8 Å². The Morgan fingerprint density at radius 3 is 2.41 bits per heavy atom. The quantitative estimate of drug-likeness (QED) is 0.374. The number of nitrogens with zero attached hydrogens (tertiary/aromatic N) is 2. The summed E-state index contributed by atoms with van der Waals surface area (Å²) < 4.78 is 1.94. The van der Waals surface area contributed by atoms with Gasteiger partial charge in [-0.05, 0) is 68.8 Å². The van der Waals surface area contributed by atoms with Crippen LogP contribution in [0.3, 0.4) is 0 Å². The highest BCUT2D eigenvalue weighted by Gasteiger charge is 2.35. The Morgan fingerprint density at radius 2 is 1.74 bits per heavy atom. The summed E-state index contributed by atoms with van der Waals surface area (Å²) in [6.45, 7) is 5.35. The molecule has 0 aliphatic carbocycles. The molecule has 0 unspecified atom stereocenters. The molecule has 0 atom stereocenters. The van der Waals surface area contributed by atoms with Crippen molar-refractivity contribution in [1.82, 2.24) is 14.8 Å². The van der Waals surface area contributed by atoms with Crippen molar-refractivity contribution in [2.45, 2.75) is 20.8 Å². The number of benzene rings is 2. The molecule has 0 bridgehead atoms. The zero-order valence-electron chi connectivity index (χ0n) is 18.8. The fraction of sp³-hybridized carbons (Fsp3) is 0.160. The number of amides is 4. The molecule has 4 amide bonds. The maximum atomic E-state index is 12.9. The van der Waals surface area contributed by atoms with Crippen molar-refractivity contribution in [3.05, 3.63) is 86.8 Å². The number of anilines is 1. The molecule has 1 saturated heterocycles. The van der Waals surface area contributed by atoms with E-state index in [0.29, 0.717) is 15.7 Å². The van der Waals surface area contributed by atoms with Crippen LogP contribution in [0.2, 0.25) is 10.0 Å². The van der Waals surface area contributed by atoms with Crippen molar-refractivity contribution < 1.29 is 14.4 Å². The topological polar surface area (TPSA) is 83.4 Å². The van der Waals surface area contributed by atoms with Crippen LogP contribution in [0.4, 0.5) is 10.5 Å². The molecule has 1 aliphatic heterocycles. The van der Waals surface area contributed by atoms with E-state index < -0.39 is 24.4 Å². The van der Waals surface area contributed by atoms with Gasteiger partial charge in [-0.15, -0.1) is 0 Å². The molecule has 4 rings (SSSR count). The van der Waals surface area contributed by atoms with E-state index in [1.807, 2.05) is 49.6 Å². The molecule has 0 saturated carbocycles.